The molecule has 1 aliphatic carbocycles. The quantitative estimate of drug-likeness (QED) is 0.646. The molecule has 2 aromatic carbocycles. The SMILES string of the molecule is O=C(CN1CCN(CCOc2ccccc2Cl)CC1)NCC1(c2ccccc2)CCC1. The second-order valence-electron chi connectivity index (χ2n) is 8.67. The first-order valence-corrected chi connectivity index (χ1v) is 11.7. The highest BCUT2D eigenvalue weighted by atomic mass is 35.5. The van der Waals surface area contributed by atoms with Crippen LogP contribution in [0.4, 0.5) is 0 Å². The number of rotatable bonds is 9. The predicted octanol–water partition coefficient (Wildman–Crippen LogP) is 3.57. The first-order chi connectivity index (χ1) is 15.1. The van der Waals surface area contributed by atoms with E-state index < -0.39 is 0 Å². The summed E-state index contributed by atoms with van der Waals surface area (Å²) in [6, 6.07) is 18.2. The normalized spacial score (nSPS) is 18.9. The maximum Gasteiger partial charge on any atom is 0.234 e. The van der Waals surface area contributed by atoms with Gasteiger partial charge in [0, 0.05) is 44.7 Å². The van der Waals surface area contributed by atoms with Crippen molar-refractivity contribution >= 4 is 17.5 Å². The van der Waals surface area contributed by atoms with E-state index in [-0.39, 0.29) is 11.3 Å². The van der Waals surface area contributed by atoms with Crippen molar-refractivity contribution < 1.29 is 9.53 Å². The van der Waals surface area contributed by atoms with Crippen LogP contribution in [0.25, 0.3) is 0 Å². The van der Waals surface area contributed by atoms with Gasteiger partial charge in [0.05, 0.1) is 11.6 Å². The Morgan fingerprint density at radius 2 is 1.65 bits per heavy atom. The molecule has 2 fully saturated rings. The van der Waals surface area contributed by atoms with Gasteiger partial charge in [-0.1, -0.05) is 60.5 Å². The first-order valence-electron chi connectivity index (χ1n) is 11.3. The van der Waals surface area contributed by atoms with Crippen LogP contribution in [0.3, 0.4) is 0 Å². The summed E-state index contributed by atoms with van der Waals surface area (Å²) in [7, 11) is 0. The van der Waals surface area contributed by atoms with E-state index in [1.165, 1.54) is 12.0 Å². The van der Waals surface area contributed by atoms with Gasteiger partial charge in [-0.2, -0.15) is 0 Å². The van der Waals surface area contributed by atoms with Crippen LogP contribution in [-0.4, -0.2) is 68.1 Å². The molecule has 6 heteroatoms. The zero-order valence-corrected chi connectivity index (χ0v) is 18.8. The largest absolute Gasteiger partial charge is 0.491 e. The highest BCUT2D eigenvalue weighted by Crippen LogP contribution is 2.43. The average molecular weight is 442 g/mol. The number of amides is 1. The van der Waals surface area contributed by atoms with Crippen LogP contribution in [0, 0.1) is 0 Å². The summed E-state index contributed by atoms with van der Waals surface area (Å²) in [4.78, 5) is 17.2. The third-order valence-corrected chi connectivity index (χ3v) is 6.97. The molecule has 1 aliphatic heterocycles. The Bertz CT molecular complexity index is 849. The Kier molecular flexibility index (Phi) is 7.49. The van der Waals surface area contributed by atoms with Crippen LogP contribution >= 0.6 is 11.6 Å². The lowest BCUT2D eigenvalue weighted by Crippen LogP contribution is -2.52. The Labute approximate surface area is 190 Å². The van der Waals surface area contributed by atoms with Gasteiger partial charge >= 0.3 is 0 Å². The van der Waals surface area contributed by atoms with Crippen molar-refractivity contribution in [3.63, 3.8) is 0 Å². The fourth-order valence-corrected chi connectivity index (χ4v) is 4.70. The molecule has 5 nitrogen and oxygen atoms in total. The molecule has 0 atom stereocenters. The fraction of sp³-hybridized carbons (Fsp3) is 0.480. The summed E-state index contributed by atoms with van der Waals surface area (Å²) >= 11 is 6.13. The van der Waals surface area contributed by atoms with Crippen molar-refractivity contribution in [1.82, 2.24) is 15.1 Å². The maximum absolute atomic E-state index is 12.6. The van der Waals surface area contributed by atoms with E-state index in [4.69, 9.17) is 16.3 Å². The summed E-state index contributed by atoms with van der Waals surface area (Å²) < 4.78 is 5.80. The molecule has 1 saturated heterocycles. The van der Waals surface area contributed by atoms with Crippen LogP contribution in [0.1, 0.15) is 24.8 Å². The predicted molar refractivity (Wildman–Crippen MR) is 125 cm³/mol. The molecule has 1 heterocycles. The molecule has 0 bridgehead atoms. The van der Waals surface area contributed by atoms with Crippen molar-refractivity contribution in [2.75, 3.05) is 52.4 Å². The van der Waals surface area contributed by atoms with Gasteiger partial charge in [0.1, 0.15) is 12.4 Å². The summed E-state index contributed by atoms with van der Waals surface area (Å²) in [5.74, 6) is 0.872. The number of halogens is 1. The van der Waals surface area contributed by atoms with Crippen LogP contribution < -0.4 is 10.1 Å². The topological polar surface area (TPSA) is 44.8 Å². The molecule has 0 unspecified atom stereocenters. The van der Waals surface area contributed by atoms with E-state index >= 15 is 0 Å². The van der Waals surface area contributed by atoms with Crippen LogP contribution in [-0.2, 0) is 10.2 Å². The standard InChI is InChI=1S/C25H32ClN3O2/c26-22-9-4-5-10-23(22)31-18-17-28-13-15-29(16-14-28)19-24(30)27-20-25(11-6-12-25)21-7-2-1-3-8-21/h1-5,7-10H,6,11-20H2,(H,27,30). The second-order valence-corrected chi connectivity index (χ2v) is 9.08. The van der Waals surface area contributed by atoms with Crippen LogP contribution in [0.2, 0.25) is 5.02 Å². The first kappa shape index (κ1) is 22.1. The number of piperazine rings is 1. The zero-order valence-electron chi connectivity index (χ0n) is 18.1. The minimum atomic E-state index is 0.136. The van der Waals surface area contributed by atoms with Gasteiger partial charge in [-0.15, -0.1) is 0 Å². The molecule has 0 aromatic heterocycles. The van der Waals surface area contributed by atoms with Crippen LogP contribution in [0.5, 0.6) is 5.75 Å². The number of nitrogens with one attached hydrogen (secondary N) is 1. The van der Waals surface area contributed by atoms with Crippen molar-refractivity contribution in [1.29, 1.82) is 0 Å². The molecule has 1 amide bonds. The molecular formula is C25H32ClN3O2. The van der Waals surface area contributed by atoms with Gasteiger partial charge < -0.3 is 10.1 Å². The molecule has 0 spiro atoms. The monoisotopic (exact) mass is 441 g/mol. The van der Waals surface area contributed by atoms with E-state index in [2.05, 4.69) is 45.4 Å². The molecule has 2 aliphatic rings. The van der Waals surface area contributed by atoms with Gasteiger partial charge in [-0.25, -0.2) is 0 Å². The minimum Gasteiger partial charge on any atom is -0.491 e. The smallest absolute Gasteiger partial charge is 0.234 e. The van der Waals surface area contributed by atoms with Gasteiger partial charge in [0.25, 0.3) is 0 Å². The van der Waals surface area contributed by atoms with E-state index in [0.717, 1.165) is 57.9 Å². The maximum atomic E-state index is 12.6. The molecule has 0 radical (unpaired) electrons. The third kappa shape index (κ3) is 5.79. The highest BCUT2D eigenvalue weighted by molar-refractivity contribution is 6.32. The Morgan fingerprint density at radius 1 is 0.968 bits per heavy atom. The van der Waals surface area contributed by atoms with Gasteiger partial charge in [-0.3, -0.25) is 14.6 Å². The molecule has 4 rings (SSSR count). The van der Waals surface area contributed by atoms with Crippen LogP contribution in [0.15, 0.2) is 54.6 Å². The molecular weight excluding hydrogens is 410 g/mol. The number of ether oxygens (including phenoxy) is 1. The van der Waals surface area contributed by atoms with Gasteiger partial charge in [-0.05, 0) is 30.5 Å². The summed E-state index contributed by atoms with van der Waals surface area (Å²) in [5, 5.41) is 3.86. The Balaban J connectivity index is 1.15. The molecule has 1 saturated carbocycles. The zero-order chi connectivity index (χ0) is 21.5. The van der Waals surface area contributed by atoms with Gasteiger partial charge in [0.2, 0.25) is 5.91 Å². The summed E-state index contributed by atoms with van der Waals surface area (Å²) in [6.45, 7) is 6.42. The number of hydrogen-bond acceptors (Lipinski definition) is 4. The number of carbonyl (C=O) groups excluding carboxylic acids is 1. The lowest BCUT2D eigenvalue weighted by atomic mass is 9.64. The van der Waals surface area contributed by atoms with Gasteiger partial charge in [0.15, 0.2) is 0 Å². The number of carbonyl (C=O) groups is 1. The Morgan fingerprint density at radius 3 is 2.32 bits per heavy atom. The third-order valence-electron chi connectivity index (χ3n) is 6.65. The van der Waals surface area contributed by atoms with Crippen molar-refractivity contribution in [3.05, 3.63) is 65.2 Å². The number of para-hydroxylation sites is 1. The molecule has 166 valence electrons. The number of nitrogens with zero attached hydrogens (tertiary/aromatic N) is 2. The molecule has 31 heavy (non-hydrogen) atoms. The van der Waals surface area contributed by atoms with Crippen molar-refractivity contribution in [3.8, 4) is 5.75 Å². The minimum absolute atomic E-state index is 0.136. The van der Waals surface area contributed by atoms with E-state index in [0.29, 0.717) is 18.2 Å². The lowest BCUT2D eigenvalue weighted by Gasteiger charge is -2.43. The van der Waals surface area contributed by atoms with E-state index in [1.807, 2.05) is 24.3 Å². The summed E-state index contributed by atoms with van der Waals surface area (Å²) in [5.41, 5.74) is 1.49. The molecule has 1 N–H and O–H groups in total. The average Bonchev–Trinajstić information content (AvgIpc) is 2.76. The molecule has 2 aromatic rings. The summed E-state index contributed by atoms with van der Waals surface area (Å²) in [6.07, 6.45) is 3.56. The van der Waals surface area contributed by atoms with Crippen molar-refractivity contribution in [2.45, 2.75) is 24.7 Å². The highest BCUT2D eigenvalue weighted by Gasteiger charge is 2.38. The lowest BCUT2D eigenvalue weighted by molar-refractivity contribution is -0.123. The Hall–Kier alpha value is -2.08. The number of benzene rings is 2. The number of hydrogen-bond donors (Lipinski definition) is 1. The van der Waals surface area contributed by atoms with E-state index in [1.54, 1.807) is 0 Å². The fourth-order valence-electron chi connectivity index (χ4n) is 4.51. The second kappa shape index (κ2) is 10.5. The van der Waals surface area contributed by atoms with Crippen molar-refractivity contribution in [2.24, 2.45) is 0 Å². The van der Waals surface area contributed by atoms with E-state index in [9.17, 15) is 4.79 Å².